The van der Waals surface area contributed by atoms with Crippen molar-refractivity contribution in [2.45, 2.75) is 350 Å². The highest BCUT2D eigenvalue weighted by atomic mass is 17.2. The monoisotopic (exact) mass is 1380 g/mol. The van der Waals surface area contributed by atoms with Crippen LogP contribution in [0.2, 0.25) is 0 Å². The van der Waals surface area contributed by atoms with Gasteiger partial charge in [0, 0.05) is 72.2 Å². The maximum absolute atomic E-state index is 13.1. The summed E-state index contributed by atoms with van der Waals surface area (Å²) in [6, 6.07) is 0. The lowest BCUT2D eigenvalue weighted by atomic mass is 9.41. The predicted molar refractivity (Wildman–Crippen MR) is 339 cm³/mol. The highest BCUT2D eigenvalue weighted by Gasteiger charge is 2.70. The van der Waals surface area contributed by atoms with E-state index in [0.29, 0.717) is 25.2 Å². The number of methoxy groups -OCH3 is 4. The Labute approximate surface area is 571 Å². The van der Waals surface area contributed by atoms with Gasteiger partial charge in [-0.25, -0.2) is 4.89 Å². The van der Waals surface area contributed by atoms with Gasteiger partial charge in [-0.3, -0.25) is 9.59 Å². The number of aliphatic hydroxyl groups is 3. The second kappa shape index (κ2) is 29.6. The van der Waals surface area contributed by atoms with Crippen molar-refractivity contribution in [3.63, 3.8) is 0 Å². The lowest BCUT2D eigenvalue weighted by molar-refractivity contribution is -0.472. The molecule has 0 aromatic heterocycles. The number of esters is 1. The quantitative estimate of drug-likeness (QED) is 0.0719. The van der Waals surface area contributed by atoms with Gasteiger partial charge >= 0.3 is 5.97 Å². The molecule has 26 heteroatoms. The normalized spacial score (nSPS) is 51.4. The second-order valence-electron chi connectivity index (χ2n) is 30.8. The Hall–Kier alpha value is -2.46. The minimum atomic E-state index is -1.37. The van der Waals surface area contributed by atoms with Crippen molar-refractivity contribution in [3.05, 3.63) is 23.5 Å². The fourth-order valence-corrected chi connectivity index (χ4v) is 19.5. The molecule has 7 saturated heterocycles. The van der Waals surface area contributed by atoms with E-state index in [1.165, 1.54) is 19.6 Å². The number of rotatable bonds is 18. The van der Waals surface area contributed by atoms with Crippen LogP contribution in [0.25, 0.3) is 0 Å². The number of allylic oxidation sites excluding steroid dienone is 1. The highest BCUT2D eigenvalue weighted by Crippen LogP contribution is 2.72. The lowest BCUT2D eigenvalue weighted by Gasteiger charge is -2.64. The number of aliphatic hydroxyl groups excluding tert-OH is 2. The van der Waals surface area contributed by atoms with Crippen LogP contribution in [0.4, 0.5) is 0 Å². The van der Waals surface area contributed by atoms with E-state index in [9.17, 15) is 24.9 Å². The van der Waals surface area contributed by atoms with Gasteiger partial charge in [-0.05, 0) is 135 Å². The molecule has 0 aromatic rings. The second-order valence-corrected chi connectivity index (χ2v) is 30.8. The Morgan fingerprint density at radius 2 is 1.26 bits per heavy atom. The zero-order chi connectivity index (χ0) is 69.4. The van der Waals surface area contributed by atoms with E-state index in [-0.39, 0.29) is 72.8 Å². The molecular formula is C71H112O26. The Bertz CT molecular complexity index is 2750. The van der Waals surface area contributed by atoms with Crippen molar-refractivity contribution < 1.29 is 125 Å². The van der Waals surface area contributed by atoms with Crippen molar-refractivity contribution >= 4 is 11.8 Å². The summed E-state index contributed by atoms with van der Waals surface area (Å²) in [5, 5.41) is 36.3. The fourth-order valence-electron chi connectivity index (χ4n) is 19.5. The van der Waals surface area contributed by atoms with Crippen molar-refractivity contribution in [3.8, 4) is 0 Å². The molecule has 26 nitrogen and oxygen atoms in total. The van der Waals surface area contributed by atoms with Gasteiger partial charge in [-0.2, -0.15) is 4.89 Å². The van der Waals surface area contributed by atoms with Gasteiger partial charge < -0.3 is 105 Å². The lowest BCUT2D eigenvalue weighted by Crippen LogP contribution is -2.62. The molecule has 3 saturated carbocycles. The van der Waals surface area contributed by atoms with E-state index < -0.39 is 176 Å². The number of ketones is 1. The van der Waals surface area contributed by atoms with E-state index in [4.69, 9.17) is 99.8 Å². The van der Waals surface area contributed by atoms with Gasteiger partial charge in [-0.15, -0.1) is 0 Å². The van der Waals surface area contributed by atoms with Gasteiger partial charge in [0.1, 0.15) is 49.3 Å². The SMILES string of the molecule is COC1=C[C@@H](C)O[C@@H](O[C@H]2CC[C@@]3(C)C(=CC[C@]4(C)[C@H]3CC[C@@]3(C)[C@H]4CC[C@]3(O)[C@H](C)O[C@H]3C[C@H]4OC[C@]5(C[C@H](OC)[C@H](O[C@H]6C[C@H](O)[C@H](O[C@H]7C[C@H](O)[C@H](O[C@H]8C[C@H](OC)[C@H](O[C@@H]9O[C@H](C)[C@@H](OC(C)=O)C[C@H]9OC)[C@@H](C)O8)[C@@H](C)O7)[C@@H](C)O6)[C@@H](C)O5)OO[C@@H]4[C@@H](C)O3)C2)C1=O. The zero-order valence-electron chi connectivity index (χ0n) is 59.7. The molecule has 8 aliphatic heterocycles. The minimum Gasteiger partial charge on any atom is -0.493 e. The molecule has 0 radical (unpaired) electrons. The van der Waals surface area contributed by atoms with Crippen LogP contribution in [0, 0.1) is 28.1 Å². The fraction of sp³-hybridized carbons (Fsp3) is 0.915. The van der Waals surface area contributed by atoms with Crippen LogP contribution in [-0.4, -0.2) is 239 Å². The molecule has 0 bridgehead atoms. The summed E-state index contributed by atoms with van der Waals surface area (Å²) in [5.41, 5.74) is -0.183. The van der Waals surface area contributed by atoms with Crippen LogP contribution in [0.15, 0.2) is 23.5 Å². The molecule has 97 heavy (non-hydrogen) atoms. The molecule has 10 fully saturated rings. The number of carbonyl (C=O) groups is 2. The van der Waals surface area contributed by atoms with Crippen LogP contribution in [0.1, 0.15) is 173 Å². The van der Waals surface area contributed by atoms with E-state index in [2.05, 4.69) is 26.8 Å². The van der Waals surface area contributed by atoms with Crippen LogP contribution < -0.4 is 0 Å². The highest BCUT2D eigenvalue weighted by molar-refractivity contribution is 5.96. The molecule has 3 N–H and O–H groups in total. The molecule has 34 atom stereocenters. The standard InChI is InChI=1S/C71H112O26/c1-34-25-48(77-13)59(75)66(82-34)90-44-18-22-67(10)43(26-44)17-21-68(11)53(67)19-23-69(12)54(68)20-24-71(69,76)41(8)88-57-31-50-64(39(6)86-57)96-97-70(33-81-50)32-52(80-16)63(40(7)95-70)93-56-28-46(74)60(36(3)84-56)91-55-27-45(73)61(37(4)83-55)92-58-30-49(78-14)62(38(5)85-58)94-65-51(79-15)29-47(35(2)87-65)89-42(9)72/h17,25,34-41,44-47,49-58,60-66,73-74,76H,18-24,26-33H2,1-16H3/t34-,35-,36-,37-,38-,39-,40-,41+,44+,45+,46+,47+,49+,50-,51-,52+,53+,54+,55+,56+,57+,58+,60-,61-,62-,63-,64-,65+,66+,67+,68-,69+,70+,71+/m1/s1. The van der Waals surface area contributed by atoms with Gasteiger partial charge in [-0.1, -0.05) is 32.4 Å². The largest absolute Gasteiger partial charge is 0.493 e. The number of ether oxygens (including phenoxy) is 19. The molecule has 1 spiro atoms. The van der Waals surface area contributed by atoms with Crippen molar-refractivity contribution in [2.75, 3.05) is 35.0 Å². The molecule has 0 unspecified atom stereocenters. The first-order chi connectivity index (χ1) is 46.0. The maximum Gasteiger partial charge on any atom is 0.302 e. The van der Waals surface area contributed by atoms with Crippen molar-refractivity contribution in [2.24, 2.45) is 28.1 Å². The number of hydrogen-bond acceptors (Lipinski definition) is 26. The summed E-state index contributed by atoms with van der Waals surface area (Å²) in [7, 11) is 6.23. The molecule has 12 aliphatic rings. The number of hydrogen-bond donors (Lipinski definition) is 3. The van der Waals surface area contributed by atoms with Crippen molar-refractivity contribution in [1.29, 1.82) is 0 Å². The number of fused-ring (bicyclic) bond motifs is 6. The number of Topliss-reactive ketones (excluding diaryl/α,β-unsaturated/α-hetero) is 1. The Kier molecular flexibility index (Phi) is 22.7. The molecule has 0 aromatic carbocycles. The molecule has 0 amide bonds. The van der Waals surface area contributed by atoms with Crippen LogP contribution in [0.5, 0.6) is 0 Å². The summed E-state index contributed by atoms with van der Waals surface area (Å²) in [6.07, 6.45) is -5.13. The molecular weight excluding hydrogens is 1270 g/mol. The molecule has 4 aliphatic carbocycles. The van der Waals surface area contributed by atoms with E-state index in [1.807, 2.05) is 41.5 Å². The third-order valence-electron chi connectivity index (χ3n) is 24.8. The first kappa shape index (κ1) is 74.3. The summed E-state index contributed by atoms with van der Waals surface area (Å²) in [5.74, 6) is -1.07. The van der Waals surface area contributed by atoms with Gasteiger partial charge in [0.15, 0.2) is 37.2 Å². The summed E-state index contributed by atoms with van der Waals surface area (Å²) in [4.78, 5) is 37.3. The maximum atomic E-state index is 13.1. The summed E-state index contributed by atoms with van der Waals surface area (Å²) in [6.45, 7) is 23.5. The summed E-state index contributed by atoms with van der Waals surface area (Å²) >= 11 is 0. The van der Waals surface area contributed by atoms with Crippen LogP contribution in [-0.2, 0) is 109 Å². The Morgan fingerprint density at radius 1 is 0.639 bits per heavy atom. The van der Waals surface area contributed by atoms with Gasteiger partial charge in [0.25, 0.3) is 5.78 Å². The average Bonchev–Trinajstić information content (AvgIpc) is 1.67. The van der Waals surface area contributed by atoms with Gasteiger partial charge in [0.05, 0.1) is 98.2 Å². The predicted octanol–water partition coefficient (Wildman–Crippen LogP) is 6.84. The first-order valence-corrected chi connectivity index (χ1v) is 35.9. The van der Waals surface area contributed by atoms with Gasteiger partial charge in [0.2, 0.25) is 12.1 Å². The smallest absolute Gasteiger partial charge is 0.302 e. The minimum absolute atomic E-state index is 0.0121. The Morgan fingerprint density at radius 3 is 1.90 bits per heavy atom. The first-order valence-electron chi connectivity index (χ1n) is 35.9. The number of carbonyl (C=O) groups excluding carboxylic acids is 2. The van der Waals surface area contributed by atoms with Crippen LogP contribution >= 0.6 is 0 Å². The molecule has 552 valence electrons. The van der Waals surface area contributed by atoms with Crippen LogP contribution in [0.3, 0.4) is 0 Å². The van der Waals surface area contributed by atoms with E-state index in [1.54, 1.807) is 41.3 Å². The Balaban J connectivity index is 0.597. The third-order valence-corrected chi connectivity index (χ3v) is 24.8. The van der Waals surface area contributed by atoms with E-state index >= 15 is 0 Å². The third kappa shape index (κ3) is 14.5. The summed E-state index contributed by atoms with van der Waals surface area (Å²) < 4.78 is 119. The average molecular weight is 1380 g/mol. The topological polar surface area (TPSA) is 289 Å². The van der Waals surface area contributed by atoms with Crippen molar-refractivity contribution in [1.82, 2.24) is 0 Å². The zero-order valence-corrected chi connectivity index (χ0v) is 59.7. The molecule has 8 heterocycles. The molecule has 12 rings (SSSR count). The van der Waals surface area contributed by atoms with E-state index in [0.717, 1.165) is 44.9 Å².